The Balaban J connectivity index is 1.60. The molecule has 1 saturated heterocycles. The van der Waals surface area contributed by atoms with Crippen LogP contribution in [0.4, 0.5) is 8.78 Å². The van der Waals surface area contributed by atoms with Crippen LogP contribution in [0.2, 0.25) is 0 Å². The summed E-state index contributed by atoms with van der Waals surface area (Å²) in [6.07, 6.45) is 1.24. The maximum Gasteiger partial charge on any atom is 0.317 e. The Labute approximate surface area is 307 Å². The number of esters is 2. The SMILES string of the molecule is CCC(CC)C(=O)OC(C)OC(=O)C(CC)(CC)[C@H]1CC[C@@H](c2cccc(F)c2)N1C(=O)[C@@H](C)NC(=O)c1ccc(Oc2cc(C)n[nH]c2=O)c(F)c1. The lowest BCUT2D eigenvalue weighted by Gasteiger charge is -2.43. The zero-order chi connectivity index (χ0) is 39.0. The molecule has 0 bridgehead atoms. The highest BCUT2D eigenvalue weighted by Gasteiger charge is 2.54. The molecule has 1 aliphatic rings. The smallest absolute Gasteiger partial charge is 0.317 e. The van der Waals surface area contributed by atoms with Gasteiger partial charge in [0.05, 0.1) is 23.1 Å². The average molecular weight is 739 g/mol. The summed E-state index contributed by atoms with van der Waals surface area (Å²) in [4.78, 5) is 68.1. The van der Waals surface area contributed by atoms with Gasteiger partial charge in [-0.1, -0.05) is 39.8 Å². The molecule has 2 aromatic carbocycles. The first kappa shape index (κ1) is 40.6. The van der Waals surface area contributed by atoms with Gasteiger partial charge in [0.2, 0.25) is 12.2 Å². The molecule has 1 aliphatic heterocycles. The summed E-state index contributed by atoms with van der Waals surface area (Å²) >= 11 is 0. The maximum absolute atomic E-state index is 15.1. The molecule has 1 unspecified atom stereocenters. The summed E-state index contributed by atoms with van der Waals surface area (Å²) in [7, 11) is 0. The van der Waals surface area contributed by atoms with E-state index in [-0.39, 0.29) is 35.8 Å². The molecule has 286 valence electrons. The van der Waals surface area contributed by atoms with Gasteiger partial charge in [-0.25, -0.2) is 13.9 Å². The summed E-state index contributed by atoms with van der Waals surface area (Å²) in [5.74, 6) is -4.68. The number of aromatic amines is 1. The van der Waals surface area contributed by atoms with E-state index in [0.29, 0.717) is 36.9 Å². The molecule has 1 fully saturated rings. The number of amides is 2. The van der Waals surface area contributed by atoms with Crippen molar-refractivity contribution in [3.63, 3.8) is 0 Å². The van der Waals surface area contributed by atoms with Crippen molar-refractivity contribution in [3.8, 4) is 11.5 Å². The number of nitrogens with zero attached hydrogens (tertiary/aromatic N) is 2. The van der Waals surface area contributed by atoms with Gasteiger partial charge in [0.1, 0.15) is 11.9 Å². The van der Waals surface area contributed by atoms with Gasteiger partial charge in [-0.2, -0.15) is 5.10 Å². The highest BCUT2D eigenvalue weighted by atomic mass is 19.1. The number of carbonyl (C=O) groups is 4. The molecule has 2 heterocycles. The maximum atomic E-state index is 15.1. The topological polar surface area (TPSA) is 157 Å². The van der Waals surface area contributed by atoms with Crippen molar-refractivity contribution in [2.75, 3.05) is 0 Å². The minimum Gasteiger partial charge on any atom is -0.448 e. The molecule has 2 N–H and O–H groups in total. The van der Waals surface area contributed by atoms with Crippen LogP contribution in [0.3, 0.4) is 0 Å². The third-order valence-corrected chi connectivity index (χ3v) is 10.1. The second kappa shape index (κ2) is 17.6. The van der Waals surface area contributed by atoms with Gasteiger partial charge >= 0.3 is 17.5 Å². The Morgan fingerprint density at radius 2 is 1.66 bits per heavy atom. The first-order valence-electron chi connectivity index (χ1n) is 18.0. The molecule has 12 nitrogen and oxygen atoms in total. The fourth-order valence-corrected chi connectivity index (χ4v) is 6.99. The van der Waals surface area contributed by atoms with Crippen LogP contribution in [0.5, 0.6) is 11.5 Å². The largest absolute Gasteiger partial charge is 0.448 e. The zero-order valence-corrected chi connectivity index (χ0v) is 31.2. The van der Waals surface area contributed by atoms with E-state index in [2.05, 4.69) is 15.5 Å². The summed E-state index contributed by atoms with van der Waals surface area (Å²) in [5, 5.41) is 8.63. The Morgan fingerprint density at radius 3 is 2.28 bits per heavy atom. The molecule has 4 atom stereocenters. The number of likely N-dealkylation sites (tertiary alicyclic amines) is 1. The van der Waals surface area contributed by atoms with Crippen molar-refractivity contribution in [1.29, 1.82) is 0 Å². The average Bonchev–Trinajstić information content (AvgIpc) is 3.57. The third-order valence-electron chi connectivity index (χ3n) is 10.1. The van der Waals surface area contributed by atoms with Crippen LogP contribution >= 0.6 is 0 Å². The lowest BCUT2D eigenvalue weighted by molar-refractivity contribution is -0.198. The first-order chi connectivity index (χ1) is 25.2. The van der Waals surface area contributed by atoms with E-state index >= 15 is 4.39 Å². The molecule has 0 saturated carbocycles. The van der Waals surface area contributed by atoms with Gasteiger partial charge in [0.15, 0.2) is 17.3 Å². The number of hydrogen-bond donors (Lipinski definition) is 2. The number of aryl methyl sites for hydroxylation is 1. The van der Waals surface area contributed by atoms with Crippen LogP contribution in [0, 0.1) is 29.9 Å². The normalized spacial score (nSPS) is 16.9. The lowest BCUT2D eigenvalue weighted by atomic mass is 9.74. The predicted molar refractivity (Wildman–Crippen MR) is 191 cm³/mol. The fourth-order valence-electron chi connectivity index (χ4n) is 6.99. The number of benzene rings is 2. The summed E-state index contributed by atoms with van der Waals surface area (Å²) in [6.45, 7) is 11.9. The van der Waals surface area contributed by atoms with E-state index in [1.807, 2.05) is 27.7 Å². The van der Waals surface area contributed by atoms with Crippen LogP contribution in [0.15, 0.2) is 53.3 Å². The number of H-pyrrole nitrogens is 1. The highest BCUT2D eigenvalue weighted by Crippen LogP contribution is 2.48. The van der Waals surface area contributed by atoms with Gasteiger partial charge < -0.3 is 24.4 Å². The molecule has 3 aromatic rings. The monoisotopic (exact) mass is 738 g/mol. The minimum atomic E-state index is -1.24. The van der Waals surface area contributed by atoms with Crippen LogP contribution in [-0.2, 0) is 23.9 Å². The van der Waals surface area contributed by atoms with Crippen molar-refractivity contribution in [1.82, 2.24) is 20.4 Å². The number of carbonyl (C=O) groups excluding carboxylic acids is 4. The molecule has 53 heavy (non-hydrogen) atoms. The molecule has 2 amide bonds. The summed E-state index contributed by atoms with van der Waals surface area (Å²) in [6, 6.07) is 8.05. The van der Waals surface area contributed by atoms with Crippen molar-refractivity contribution < 1.29 is 42.2 Å². The Kier molecular flexibility index (Phi) is 13.5. The van der Waals surface area contributed by atoms with Crippen molar-refractivity contribution >= 4 is 23.8 Å². The molecule has 0 radical (unpaired) electrons. The summed E-state index contributed by atoms with van der Waals surface area (Å²) in [5.41, 5.74) is -1.08. The van der Waals surface area contributed by atoms with E-state index in [0.717, 1.165) is 6.07 Å². The van der Waals surface area contributed by atoms with Crippen molar-refractivity contribution in [2.24, 2.45) is 11.3 Å². The molecular weight excluding hydrogens is 690 g/mol. The first-order valence-corrected chi connectivity index (χ1v) is 18.0. The number of hydrogen-bond acceptors (Lipinski definition) is 9. The second-order valence-electron chi connectivity index (χ2n) is 13.3. The van der Waals surface area contributed by atoms with Gasteiger partial charge in [-0.15, -0.1) is 0 Å². The van der Waals surface area contributed by atoms with Gasteiger partial charge in [0, 0.05) is 24.6 Å². The van der Waals surface area contributed by atoms with E-state index in [1.165, 1.54) is 55.1 Å². The highest BCUT2D eigenvalue weighted by molar-refractivity contribution is 5.98. The Hall–Kier alpha value is -5.14. The Morgan fingerprint density at radius 1 is 0.962 bits per heavy atom. The van der Waals surface area contributed by atoms with Gasteiger partial charge in [-0.3, -0.25) is 24.0 Å². The number of ether oxygens (including phenoxy) is 3. The molecule has 4 rings (SSSR count). The van der Waals surface area contributed by atoms with E-state index in [1.54, 1.807) is 13.0 Å². The molecule has 0 spiro atoms. The predicted octanol–water partition coefficient (Wildman–Crippen LogP) is 6.67. The van der Waals surface area contributed by atoms with Crippen molar-refractivity contribution in [2.45, 2.75) is 111 Å². The Bertz CT molecular complexity index is 1860. The van der Waals surface area contributed by atoms with Crippen LogP contribution in [-0.4, -0.2) is 57.2 Å². The van der Waals surface area contributed by atoms with Gasteiger partial charge in [0.25, 0.3) is 5.91 Å². The second-order valence-corrected chi connectivity index (χ2v) is 13.3. The number of rotatable bonds is 15. The fraction of sp³-hybridized carbons (Fsp3) is 0.487. The van der Waals surface area contributed by atoms with Crippen molar-refractivity contribution in [3.05, 3.63) is 87.3 Å². The molecule has 1 aromatic heterocycles. The molecule has 0 aliphatic carbocycles. The van der Waals surface area contributed by atoms with Crippen LogP contribution in [0.1, 0.15) is 108 Å². The number of nitrogens with one attached hydrogen (secondary N) is 2. The lowest BCUT2D eigenvalue weighted by Crippen LogP contribution is -2.56. The number of aromatic nitrogens is 2. The summed E-state index contributed by atoms with van der Waals surface area (Å²) < 4.78 is 46.2. The third kappa shape index (κ3) is 9.09. The van der Waals surface area contributed by atoms with Gasteiger partial charge in [-0.05, 0) is 88.3 Å². The van der Waals surface area contributed by atoms with E-state index in [9.17, 15) is 28.4 Å². The molecular formula is C39H48F2N4O8. The van der Waals surface area contributed by atoms with E-state index in [4.69, 9.17) is 14.2 Å². The van der Waals surface area contributed by atoms with E-state index < -0.39 is 70.8 Å². The van der Waals surface area contributed by atoms with Crippen LogP contribution < -0.4 is 15.6 Å². The number of halogens is 2. The standard InChI is InChI=1S/C39H48F2N4O8/c1-8-25(9-2)37(49)51-24(7)52-38(50)39(10-3,11-4)33-18-16-30(26-13-12-14-28(40)20-26)45(33)36(48)23(6)42-34(46)27-15-17-31(29(41)21-27)53-32-19-22(5)43-44-35(32)47/h12-15,17,19-21,23-25,30,33H,8-11,16,18H2,1-7H3,(H,42,46)(H,44,47)/t23-,24?,30+,33-/m1/s1. The molecule has 14 heteroatoms. The van der Waals surface area contributed by atoms with Crippen LogP contribution in [0.25, 0.3) is 0 Å². The minimum absolute atomic E-state index is 0.120. The zero-order valence-electron chi connectivity index (χ0n) is 31.2. The quantitative estimate of drug-likeness (QED) is 0.128.